The van der Waals surface area contributed by atoms with Crippen molar-refractivity contribution in [2.75, 3.05) is 32.9 Å². The summed E-state index contributed by atoms with van der Waals surface area (Å²) in [6.45, 7) is 5.79. The Labute approximate surface area is 143 Å². The second-order valence-electron chi connectivity index (χ2n) is 5.53. The number of nitrogens with one attached hydrogen (secondary N) is 3. The molecule has 0 atom stereocenters. The molecule has 0 bridgehead atoms. The molecule has 6 nitrogen and oxygen atoms in total. The van der Waals surface area contributed by atoms with E-state index in [0.717, 1.165) is 6.54 Å². The topological polar surface area (TPSA) is 82.6 Å². The van der Waals surface area contributed by atoms with Gasteiger partial charge in [-0.15, -0.1) is 0 Å². The van der Waals surface area contributed by atoms with Crippen molar-refractivity contribution in [2.24, 2.45) is 4.99 Å². The normalized spacial score (nSPS) is 13.0. The maximum Gasteiger partial charge on any atom is 0.240 e. The number of sulfonamides is 1. The lowest BCUT2D eigenvalue weighted by Crippen LogP contribution is -2.45. The van der Waals surface area contributed by atoms with Crippen molar-refractivity contribution in [1.29, 1.82) is 0 Å². The highest BCUT2D eigenvalue weighted by molar-refractivity contribution is 7.99. The van der Waals surface area contributed by atoms with Crippen LogP contribution in [0.1, 0.15) is 13.8 Å². The average Bonchev–Trinajstić information content (AvgIpc) is 2.55. The van der Waals surface area contributed by atoms with E-state index in [-0.39, 0.29) is 16.2 Å². The van der Waals surface area contributed by atoms with Gasteiger partial charge < -0.3 is 10.6 Å². The predicted molar refractivity (Wildman–Crippen MR) is 98.6 cm³/mol. The molecule has 0 unspecified atom stereocenters. The summed E-state index contributed by atoms with van der Waals surface area (Å²) in [5, 5.41) is 6.32. The van der Waals surface area contributed by atoms with Gasteiger partial charge in [0.05, 0.1) is 4.90 Å². The Balaban J connectivity index is 2.38. The Morgan fingerprint density at radius 3 is 2.39 bits per heavy atom. The Hall–Kier alpha value is -1.25. The second kappa shape index (κ2) is 9.14. The first kappa shape index (κ1) is 19.8. The van der Waals surface area contributed by atoms with Gasteiger partial charge in [-0.25, -0.2) is 13.1 Å². The van der Waals surface area contributed by atoms with Crippen LogP contribution in [0.3, 0.4) is 0 Å². The lowest BCUT2D eigenvalue weighted by Gasteiger charge is -2.23. The molecule has 0 spiro atoms. The number of hydrogen-bond acceptors (Lipinski definition) is 4. The molecule has 0 radical (unpaired) electrons. The van der Waals surface area contributed by atoms with E-state index in [9.17, 15) is 8.42 Å². The zero-order valence-electron chi connectivity index (χ0n) is 14.1. The van der Waals surface area contributed by atoms with Gasteiger partial charge in [0.25, 0.3) is 0 Å². The van der Waals surface area contributed by atoms with E-state index in [1.807, 2.05) is 0 Å². The Kier molecular flexibility index (Phi) is 7.87. The highest BCUT2D eigenvalue weighted by Crippen LogP contribution is 2.19. The van der Waals surface area contributed by atoms with Gasteiger partial charge in [-0.1, -0.05) is 18.2 Å². The molecule has 0 saturated carbocycles. The van der Waals surface area contributed by atoms with Gasteiger partial charge in [-0.05, 0) is 32.2 Å². The number of rotatable bonds is 8. The fraction of sp³-hybridized carbons (Fsp3) is 0.533. The molecule has 0 aliphatic carbocycles. The van der Waals surface area contributed by atoms with Crippen LogP contribution in [0.15, 0.2) is 40.2 Å². The summed E-state index contributed by atoms with van der Waals surface area (Å²) < 4.78 is 26.8. The molecule has 1 rings (SSSR count). The molecule has 8 heteroatoms. The molecule has 0 aliphatic heterocycles. The maximum atomic E-state index is 12.1. The van der Waals surface area contributed by atoms with Crippen molar-refractivity contribution in [3.8, 4) is 0 Å². The van der Waals surface area contributed by atoms with Crippen LogP contribution in [0.25, 0.3) is 0 Å². The average molecular weight is 359 g/mol. The summed E-state index contributed by atoms with van der Waals surface area (Å²) in [4.78, 5) is 4.39. The minimum Gasteiger partial charge on any atom is -0.355 e. The fourth-order valence-electron chi connectivity index (χ4n) is 1.64. The Morgan fingerprint density at radius 1 is 1.17 bits per heavy atom. The number of nitrogens with zero attached hydrogens (tertiary/aromatic N) is 1. The zero-order valence-corrected chi connectivity index (χ0v) is 15.7. The molecule has 0 aromatic heterocycles. The first-order chi connectivity index (χ1) is 10.8. The lowest BCUT2D eigenvalue weighted by atomic mass is 10.2. The van der Waals surface area contributed by atoms with E-state index in [1.54, 1.807) is 49.1 Å². The van der Waals surface area contributed by atoms with Crippen LogP contribution in [0.4, 0.5) is 0 Å². The maximum absolute atomic E-state index is 12.1. The monoisotopic (exact) mass is 358 g/mol. The van der Waals surface area contributed by atoms with Gasteiger partial charge in [-0.3, -0.25) is 4.99 Å². The lowest BCUT2D eigenvalue weighted by molar-refractivity contribution is 0.580. The first-order valence-electron chi connectivity index (χ1n) is 7.35. The predicted octanol–water partition coefficient (Wildman–Crippen LogP) is 1.27. The van der Waals surface area contributed by atoms with Gasteiger partial charge >= 0.3 is 0 Å². The number of benzene rings is 1. The molecule has 0 saturated heterocycles. The van der Waals surface area contributed by atoms with Crippen LogP contribution in [-0.2, 0) is 10.0 Å². The third-order valence-electron chi connectivity index (χ3n) is 3.22. The second-order valence-corrected chi connectivity index (χ2v) is 8.81. The molecule has 23 heavy (non-hydrogen) atoms. The van der Waals surface area contributed by atoms with Gasteiger partial charge in [0.15, 0.2) is 5.96 Å². The molecular formula is C15H26N4O2S2. The summed E-state index contributed by atoms with van der Waals surface area (Å²) >= 11 is 1.77. The molecule has 0 heterocycles. The summed E-state index contributed by atoms with van der Waals surface area (Å²) in [5.74, 6) is 0.658. The van der Waals surface area contributed by atoms with E-state index in [2.05, 4.69) is 40.5 Å². The van der Waals surface area contributed by atoms with Crippen molar-refractivity contribution in [3.05, 3.63) is 30.3 Å². The summed E-state index contributed by atoms with van der Waals surface area (Å²) in [6.07, 6.45) is 2.07. The molecule has 0 amide bonds. The van der Waals surface area contributed by atoms with E-state index in [4.69, 9.17) is 0 Å². The van der Waals surface area contributed by atoms with Crippen LogP contribution in [0.5, 0.6) is 0 Å². The fourth-order valence-corrected chi connectivity index (χ4v) is 2.91. The number of hydrogen-bond donors (Lipinski definition) is 3. The van der Waals surface area contributed by atoms with Crippen LogP contribution >= 0.6 is 11.8 Å². The van der Waals surface area contributed by atoms with Gasteiger partial charge in [-0.2, -0.15) is 11.8 Å². The summed E-state index contributed by atoms with van der Waals surface area (Å²) in [5.41, 5.74) is 0. The van der Waals surface area contributed by atoms with Crippen molar-refractivity contribution in [3.63, 3.8) is 0 Å². The molecule has 1 aromatic carbocycles. The molecule has 0 fully saturated rings. The molecular weight excluding hydrogens is 332 g/mol. The van der Waals surface area contributed by atoms with Crippen molar-refractivity contribution in [1.82, 2.24) is 15.4 Å². The van der Waals surface area contributed by atoms with Crippen LogP contribution in [0, 0.1) is 0 Å². The highest BCUT2D eigenvalue weighted by Gasteiger charge is 2.16. The van der Waals surface area contributed by atoms with Crippen molar-refractivity contribution in [2.45, 2.75) is 23.5 Å². The van der Waals surface area contributed by atoms with Gasteiger partial charge in [0.2, 0.25) is 10.0 Å². The van der Waals surface area contributed by atoms with Gasteiger partial charge in [0, 0.05) is 31.4 Å². The van der Waals surface area contributed by atoms with Gasteiger partial charge in [0.1, 0.15) is 0 Å². The van der Waals surface area contributed by atoms with E-state index < -0.39 is 10.0 Å². The molecule has 3 N–H and O–H groups in total. The van der Waals surface area contributed by atoms with Crippen molar-refractivity contribution < 1.29 is 8.42 Å². The number of thioether (sulfide) groups is 1. The standard InChI is InChI=1S/C15H26N4O2S2/c1-15(2,22-4)12-18-14(16-3)17-10-11-19-23(20,21)13-8-6-5-7-9-13/h5-9,19H,10-12H2,1-4H3,(H2,16,17,18). The third-order valence-corrected chi connectivity index (χ3v) is 5.95. The SMILES string of the molecule is CN=C(NCCNS(=O)(=O)c1ccccc1)NCC(C)(C)SC. The largest absolute Gasteiger partial charge is 0.355 e. The van der Waals surface area contributed by atoms with E-state index in [1.165, 1.54) is 0 Å². The van der Waals surface area contributed by atoms with E-state index in [0.29, 0.717) is 12.5 Å². The smallest absolute Gasteiger partial charge is 0.240 e. The quantitative estimate of drug-likeness (QED) is 0.370. The van der Waals surface area contributed by atoms with Crippen molar-refractivity contribution >= 4 is 27.7 Å². The Bertz CT molecular complexity index is 601. The van der Waals surface area contributed by atoms with Crippen LogP contribution in [-0.4, -0.2) is 52.1 Å². The zero-order chi connectivity index (χ0) is 17.3. The minimum absolute atomic E-state index is 0.104. The minimum atomic E-state index is -3.46. The summed E-state index contributed by atoms with van der Waals surface area (Å²) in [6, 6.07) is 8.33. The Morgan fingerprint density at radius 2 is 1.83 bits per heavy atom. The molecule has 1 aromatic rings. The number of aliphatic imine (C=N–C) groups is 1. The van der Waals surface area contributed by atoms with E-state index >= 15 is 0 Å². The molecule has 0 aliphatic rings. The van der Waals surface area contributed by atoms with Crippen LogP contribution in [0.2, 0.25) is 0 Å². The highest BCUT2D eigenvalue weighted by atomic mass is 32.2. The number of guanidine groups is 1. The van der Waals surface area contributed by atoms with Crippen LogP contribution < -0.4 is 15.4 Å². The third kappa shape index (κ3) is 7.24. The first-order valence-corrected chi connectivity index (χ1v) is 10.1. The summed E-state index contributed by atoms with van der Waals surface area (Å²) in [7, 11) is -1.77. The molecule has 130 valence electrons.